The van der Waals surface area contributed by atoms with Gasteiger partial charge in [0, 0.05) is 0 Å². The maximum atomic E-state index is 9.57. The summed E-state index contributed by atoms with van der Waals surface area (Å²) < 4.78 is 5.59. The van der Waals surface area contributed by atoms with Gasteiger partial charge in [0.05, 0.1) is 6.10 Å². The predicted molar refractivity (Wildman–Crippen MR) is 78.5 cm³/mol. The fraction of sp³-hybridized carbons (Fsp3) is 1.00. The zero-order valence-electron chi connectivity index (χ0n) is 10.7. The van der Waals surface area contributed by atoms with Gasteiger partial charge in [0.2, 0.25) is 5.69 Å². The molecule has 5 heteroatoms. The van der Waals surface area contributed by atoms with E-state index in [1.165, 1.54) is 12.8 Å². The van der Waals surface area contributed by atoms with E-state index in [-0.39, 0.29) is 6.10 Å². The molecule has 1 N–H and O–H groups in total. The first-order valence-electron chi connectivity index (χ1n) is 6.05. The summed E-state index contributed by atoms with van der Waals surface area (Å²) >= 11 is 8.84. The van der Waals surface area contributed by atoms with Gasteiger partial charge in [-0.25, -0.2) is 0 Å². The second-order valence-electron chi connectivity index (χ2n) is 4.62. The summed E-state index contributed by atoms with van der Waals surface area (Å²) in [6, 6.07) is 0. The number of thiol groups is 1. The molecular formula is C11H25O2PS2. The highest BCUT2D eigenvalue weighted by Crippen LogP contribution is 2.51. The van der Waals surface area contributed by atoms with E-state index in [0.29, 0.717) is 11.8 Å². The lowest BCUT2D eigenvalue weighted by Crippen LogP contribution is -2.27. The molecule has 0 saturated heterocycles. The van der Waals surface area contributed by atoms with Crippen LogP contribution in [0.2, 0.25) is 0 Å². The van der Waals surface area contributed by atoms with Crippen molar-refractivity contribution in [2.24, 2.45) is 11.8 Å². The molecule has 0 aromatic rings. The Bertz CT molecular complexity index is 228. The summed E-state index contributed by atoms with van der Waals surface area (Å²) in [7, 11) is 0. The van der Waals surface area contributed by atoms with Crippen molar-refractivity contribution in [3.05, 3.63) is 0 Å². The van der Waals surface area contributed by atoms with Crippen LogP contribution in [-0.2, 0) is 16.3 Å². The van der Waals surface area contributed by atoms with E-state index in [4.69, 9.17) is 16.3 Å². The minimum absolute atomic E-state index is 0.0323. The zero-order chi connectivity index (χ0) is 12.8. The first-order valence-corrected chi connectivity index (χ1v) is 9.88. The fourth-order valence-electron chi connectivity index (χ4n) is 1.98. The second kappa shape index (κ2) is 8.10. The third-order valence-corrected chi connectivity index (χ3v) is 3.89. The van der Waals surface area contributed by atoms with Gasteiger partial charge in [0.15, 0.2) is 0 Å². The van der Waals surface area contributed by atoms with Crippen molar-refractivity contribution in [3.8, 4) is 0 Å². The minimum atomic E-state index is -2.85. The predicted octanol–water partition coefficient (Wildman–Crippen LogP) is 4.39. The molecule has 0 aliphatic rings. The molecule has 0 heterocycles. The molecule has 0 fully saturated rings. The highest BCUT2D eigenvalue weighted by Gasteiger charge is 2.27. The Balaban J connectivity index is 4.53. The molecule has 0 saturated carbocycles. The van der Waals surface area contributed by atoms with Gasteiger partial charge in [0.1, 0.15) is 0 Å². The largest absolute Gasteiger partial charge is 0.338 e. The van der Waals surface area contributed by atoms with Crippen molar-refractivity contribution < 1.29 is 9.42 Å². The van der Waals surface area contributed by atoms with Crippen molar-refractivity contribution in [1.82, 2.24) is 0 Å². The SMILES string of the molecule is CCCCC(CC)C(OP(O)(=S)S)C(C)C. The van der Waals surface area contributed by atoms with Gasteiger partial charge in [-0.15, -0.1) is 0 Å². The fourth-order valence-corrected chi connectivity index (χ4v) is 3.34. The summed E-state index contributed by atoms with van der Waals surface area (Å²) in [4.78, 5) is 9.57. The maximum absolute atomic E-state index is 9.57. The third-order valence-electron chi connectivity index (χ3n) is 2.83. The van der Waals surface area contributed by atoms with Crippen LogP contribution in [0.4, 0.5) is 0 Å². The normalized spacial score (nSPS) is 19.4. The lowest BCUT2D eigenvalue weighted by molar-refractivity contribution is 0.0857. The standard InChI is InChI=1S/C11H25O2PS2/c1-5-7-8-10(6-2)11(9(3)4)13-14(12,15)16/h9-11H,5-8H2,1-4H3,(H2,12,15,16). The number of rotatable bonds is 8. The molecule has 0 amide bonds. The van der Waals surface area contributed by atoms with Crippen LogP contribution in [0.3, 0.4) is 0 Å². The third kappa shape index (κ3) is 7.29. The molecule has 0 bridgehead atoms. The Morgan fingerprint density at radius 2 is 1.94 bits per heavy atom. The van der Waals surface area contributed by atoms with Gasteiger partial charge in [-0.2, -0.15) is 0 Å². The van der Waals surface area contributed by atoms with Crippen LogP contribution < -0.4 is 0 Å². The van der Waals surface area contributed by atoms with E-state index in [9.17, 15) is 4.89 Å². The average Bonchev–Trinajstić information content (AvgIpc) is 2.15. The molecule has 3 unspecified atom stereocenters. The first-order chi connectivity index (χ1) is 7.31. The molecule has 3 atom stereocenters. The summed E-state index contributed by atoms with van der Waals surface area (Å²) in [6.07, 6.45) is 4.62. The molecule has 98 valence electrons. The van der Waals surface area contributed by atoms with Gasteiger partial charge in [-0.05, 0) is 30.1 Å². The molecule has 0 aromatic heterocycles. The Morgan fingerprint density at radius 1 is 1.38 bits per heavy atom. The van der Waals surface area contributed by atoms with Gasteiger partial charge < -0.3 is 9.42 Å². The molecule has 0 aliphatic carbocycles. The van der Waals surface area contributed by atoms with Crippen LogP contribution in [-0.4, -0.2) is 11.0 Å². The van der Waals surface area contributed by atoms with Crippen LogP contribution in [0.15, 0.2) is 0 Å². The van der Waals surface area contributed by atoms with Crippen molar-refractivity contribution >= 4 is 29.7 Å². The molecule has 16 heavy (non-hydrogen) atoms. The second-order valence-corrected chi connectivity index (χ2v) is 9.73. The Morgan fingerprint density at radius 3 is 2.25 bits per heavy atom. The highest BCUT2D eigenvalue weighted by molar-refractivity contribution is 8.59. The highest BCUT2D eigenvalue weighted by atomic mass is 32.9. The van der Waals surface area contributed by atoms with E-state index < -0.39 is 5.69 Å². The van der Waals surface area contributed by atoms with E-state index in [0.717, 1.165) is 12.8 Å². The summed E-state index contributed by atoms with van der Waals surface area (Å²) in [5.41, 5.74) is -2.85. The lowest BCUT2D eigenvalue weighted by Gasteiger charge is -2.31. The number of hydrogen-bond acceptors (Lipinski definition) is 2. The van der Waals surface area contributed by atoms with Gasteiger partial charge in [0.25, 0.3) is 0 Å². The smallest absolute Gasteiger partial charge is 0.241 e. The Labute approximate surface area is 110 Å². The average molecular weight is 284 g/mol. The zero-order valence-corrected chi connectivity index (χ0v) is 13.3. The molecule has 0 rings (SSSR count). The number of unbranched alkanes of at least 4 members (excludes halogenated alkanes) is 1. The van der Waals surface area contributed by atoms with E-state index in [2.05, 4.69) is 39.9 Å². The van der Waals surface area contributed by atoms with Gasteiger partial charge in [-0.3, -0.25) is 0 Å². The maximum Gasteiger partial charge on any atom is 0.241 e. The quantitative estimate of drug-likeness (QED) is 0.511. The van der Waals surface area contributed by atoms with E-state index in [1.807, 2.05) is 0 Å². The van der Waals surface area contributed by atoms with Crippen LogP contribution in [0.5, 0.6) is 0 Å². The van der Waals surface area contributed by atoms with Crippen LogP contribution >= 0.6 is 17.9 Å². The lowest BCUT2D eigenvalue weighted by atomic mass is 9.87. The van der Waals surface area contributed by atoms with Crippen molar-refractivity contribution in [2.75, 3.05) is 0 Å². The molecule has 0 aliphatic heterocycles. The summed E-state index contributed by atoms with van der Waals surface area (Å²) in [6.45, 7) is 8.57. The van der Waals surface area contributed by atoms with E-state index in [1.54, 1.807) is 0 Å². The minimum Gasteiger partial charge on any atom is -0.338 e. The van der Waals surface area contributed by atoms with Crippen LogP contribution in [0.1, 0.15) is 53.4 Å². The van der Waals surface area contributed by atoms with Crippen LogP contribution in [0, 0.1) is 11.8 Å². The number of hydrogen-bond donors (Lipinski definition) is 2. The van der Waals surface area contributed by atoms with Crippen LogP contribution in [0.25, 0.3) is 0 Å². The van der Waals surface area contributed by atoms with Gasteiger partial charge >= 0.3 is 0 Å². The van der Waals surface area contributed by atoms with Crippen molar-refractivity contribution in [3.63, 3.8) is 0 Å². The first kappa shape index (κ1) is 16.9. The Hall–Kier alpha value is 0.920. The van der Waals surface area contributed by atoms with Crippen molar-refractivity contribution in [2.45, 2.75) is 59.5 Å². The molecule has 0 radical (unpaired) electrons. The van der Waals surface area contributed by atoms with Crippen molar-refractivity contribution in [1.29, 1.82) is 0 Å². The topological polar surface area (TPSA) is 29.5 Å². The molecule has 0 spiro atoms. The van der Waals surface area contributed by atoms with Gasteiger partial charge in [-0.1, -0.05) is 59.2 Å². The monoisotopic (exact) mass is 284 g/mol. The Kier molecular flexibility index (Phi) is 8.56. The summed E-state index contributed by atoms with van der Waals surface area (Å²) in [5.74, 6) is 0.838. The molecule has 0 aromatic carbocycles. The molecular weight excluding hydrogens is 259 g/mol. The van der Waals surface area contributed by atoms with E-state index >= 15 is 0 Å². The summed E-state index contributed by atoms with van der Waals surface area (Å²) in [5, 5.41) is 0. The molecule has 2 nitrogen and oxygen atoms in total.